The Morgan fingerprint density at radius 3 is 2.73 bits per heavy atom. The normalized spacial score (nSPS) is 26.2. The Bertz CT molecular complexity index is 552. The van der Waals surface area contributed by atoms with Crippen LogP contribution >= 0.6 is 0 Å². The summed E-state index contributed by atoms with van der Waals surface area (Å²) in [7, 11) is 4.20. The lowest BCUT2D eigenvalue weighted by atomic mass is 9.96. The second-order valence-electron chi connectivity index (χ2n) is 7.05. The molecule has 0 heterocycles. The molecule has 1 aromatic rings. The van der Waals surface area contributed by atoms with E-state index in [1.54, 1.807) is 12.1 Å². The molecule has 1 N–H and O–H groups in total. The van der Waals surface area contributed by atoms with Crippen molar-refractivity contribution in [2.24, 2.45) is 5.92 Å². The summed E-state index contributed by atoms with van der Waals surface area (Å²) in [6.45, 7) is 0.727. The van der Waals surface area contributed by atoms with Crippen LogP contribution in [0.5, 0.6) is 0 Å². The number of amides is 1. The summed E-state index contributed by atoms with van der Waals surface area (Å²) in [6.07, 6.45) is 5.62. The first-order valence-corrected chi connectivity index (χ1v) is 8.22. The summed E-state index contributed by atoms with van der Waals surface area (Å²) in [5, 5.41) is 3.15. The van der Waals surface area contributed by atoms with Crippen LogP contribution in [0.3, 0.4) is 0 Å². The molecule has 2 saturated carbocycles. The molecule has 0 spiro atoms. The number of carbonyl (C=O) groups excluding carboxylic acids is 1. The van der Waals surface area contributed by atoms with Gasteiger partial charge in [0.1, 0.15) is 5.82 Å². The lowest BCUT2D eigenvalue weighted by molar-refractivity contribution is -0.123. The molecule has 0 bridgehead atoms. The summed E-state index contributed by atoms with van der Waals surface area (Å²) < 4.78 is 13.3. The second-order valence-corrected chi connectivity index (χ2v) is 7.05. The molecule has 0 saturated heterocycles. The average molecular weight is 304 g/mol. The van der Waals surface area contributed by atoms with E-state index in [-0.39, 0.29) is 29.1 Å². The Morgan fingerprint density at radius 2 is 2.09 bits per heavy atom. The molecule has 2 fully saturated rings. The van der Waals surface area contributed by atoms with Crippen molar-refractivity contribution < 1.29 is 9.18 Å². The van der Waals surface area contributed by atoms with Gasteiger partial charge < -0.3 is 10.2 Å². The number of hydrogen-bond acceptors (Lipinski definition) is 2. The fourth-order valence-electron chi connectivity index (χ4n) is 3.79. The number of nitrogens with zero attached hydrogens (tertiary/aromatic N) is 1. The van der Waals surface area contributed by atoms with Crippen molar-refractivity contribution >= 4 is 5.91 Å². The highest BCUT2D eigenvalue weighted by Crippen LogP contribution is 2.47. The molecule has 3 rings (SSSR count). The molecule has 2 atom stereocenters. The molecule has 3 nitrogen and oxygen atoms in total. The minimum absolute atomic E-state index is 0.0161. The largest absolute Gasteiger partial charge is 0.354 e. The van der Waals surface area contributed by atoms with E-state index in [4.69, 9.17) is 0 Å². The molecule has 0 unspecified atom stereocenters. The Hall–Kier alpha value is -1.42. The topological polar surface area (TPSA) is 32.3 Å². The molecule has 0 aromatic heterocycles. The summed E-state index contributed by atoms with van der Waals surface area (Å²) in [5.41, 5.74) is 1.07. The average Bonchev–Trinajstić information content (AvgIpc) is 3.15. The van der Waals surface area contributed by atoms with Crippen molar-refractivity contribution in [3.8, 4) is 0 Å². The van der Waals surface area contributed by atoms with Gasteiger partial charge in [0.25, 0.3) is 0 Å². The van der Waals surface area contributed by atoms with Gasteiger partial charge in [-0.1, -0.05) is 25.0 Å². The van der Waals surface area contributed by atoms with Crippen LogP contribution in [-0.4, -0.2) is 37.0 Å². The van der Waals surface area contributed by atoms with E-state index in [0.717, 1.165) is 31.4 Å². The van der Waals surface area contributed by atoms with Crippen molar-refractivity contribution in [3.63, 3.8) is 0 Å². The number of nitrogens with one attached hydrogen (secondary N) is 1. The number of carbonyl (C=O) groups is 1. The van der Waals surface area contributed by atoms with Gasteiger partial charge in [-0.05, 0) is 57.0 Å². The Kier molecular flexibility index (Phi) is 4.22. The highest BCUT2D eigenvalue weighted by Gasteiger charge is 2.45. The number of halogens is 1. The maximum Gasteiger partial charge on any atom is 0.223 e. The summed E-state index contributed by atoms with van der Waals surface area (Å²) >= 11 is 0. The van der Waals surface area contributed by atoms with Gasteiger partial charge in [-0.15, -0.1) is 0 Å². The minimum atomic E-state index is -0.221. The smallest absolute Gasteiger partial charge is 0.223 e. The summed E-state index contributed by atoms with van der Waals surface area (Å²) in [5.74, 6) is 0.112. The molecule has 120 valence electrons. The van der Waals surface area contributed by atoms with Crippen LogP contribution in [0.15, 0.2) is 24.3 Å². The van der Waals surface area contributed by atoms with Gasteiger partial charge in [0.15, 0.2) is 0 Å². The minimum Gasteiger partial charge on any atom is -0.354 e. The zero-order chi connectivity index (χ0) is 15.7. The van der Waals surface area contributed by atoms with E-state index < -0.39 is 0 Å². The van der Waals surface area contributed by atoms with Gasteiger partial charge in [0.2, 0.25) is 5.91 Å². The molecular weight excluding hydrogens is 279 g/mol. The number of benzene rings is 1. The highest BCUT2D eigenvalue weighted by atomic mass is 19.1. The SMILES string of the molecule is CN(C)C1(CNC(=O)[C@@H]2C[C@@H]2c2cccc(F)c2)CCCC1. The summed E-state index contributed by atoms with van der Waals surface area (Å²) in [6, 6.07) is 6.63. The number of hydrogen-bond donors (Lipinski definition) is 1. The first kappa shape index (κ1) is 15.5. The Morgan fingerprint density at radius 1 is 1.36 bits per heavy atom. The van der Waals surface area contributed by atoms with Crippen LogP contribution in [0.1, 0.15) is 43.6 Å². The fourth-order valence-corrected chi connectivity index (χ4v) is 3.79. The number of rotatable bonds is 5. The molecule has 1 aromatic carbocycles. The van der Waals surface area contributed by atoms with Crippen molar-refractivity contribution in [1.29, 1.82) is 0 Å². The van der Waals surface area contributed by atoms with Crippen LogP contribution in [0, 0.1) is 11.7 Å². The number of likely N-dealkylation sites (N-methyl/N-ethyl adjacent to an activating group) is 1. The maximum atomic E-state index is 13.3. The summed E-state index contributed by atoms with van der Waals surface area (Å²) in [4.78, 5) is 14.6. The molecule has 4 heteroatoms. The lowest BCUT2D eigenvalue weighted by Crippen LogP contribution is -2.51. The van der Waals surface area contributed by atoms with Gasteiger partial charge in [-0.25, -0.2) is 4.39 Å². The van der Waals surface area contributed by atoms with Gasteiger partial charge in [-0.2, -0.15) is 0 Å². The van der Waals surface area contributed by atoms with Gasteiger partial charge in [-0.3, -0.25) is 4.79 Å². The maximum absolute atomic E-state index is 13.3. The van der Waals surface area contributed by atoms with Crippen LogP contribution in [0.2, 0.25) is 0 Å². The molecule has 1 amide bonds. The highest BCUT2D eigenvalue weighted by molar-refractivity contribution is 5.83. The molecule has 0 aliphatic heterocycles. The zero-order valence-electron chi connectivity index (χ0n) is 13.4. The molecular formula is C18H25FN2O. The molecule has 2 aliphatic carbocycles. The standard InChI is InChI=1S/C18H25FN2O/c1-21(2)18(8-3-4-9-18)12-20-17(22)16-11-15(16)13-6-5-7-14(19)10-13/h5-7,10,15-16H,3-4,8-9,11-12H2,1-2H3,(H,20,22)/t15-,16-/m1/s1. The van der Waals surface area contributed by atoms with Gasteiger partial charge >= 0.3 is 0 Å². The Balaban J connectivity index is 1.55. The van der Waals surface area contributed by atoms with Crippen LogP contribution < -0.4 is 5.32 Å². The van der Waals surface area contributed by atoms with Gasteiger partial charge in [0, 0.05) is 18.0 Å². The first-order chi connectivity index (χ1) is 10.5. The Labute approximate surface area is 131 Å². The molecule has 22 heavy (non-hydrogen) atoms. The van der Waals surface area contributed by atoms with Crippen LogP contribution in [-0.2, 0) is 4.79 Å². The lowest BCUT2D eigenvalue weighted by Gasteiger charge is -2.36. The van der Waals surface area contributed by atoms with Crippen LogP contribution in [0.4, 0.5) is 4.39 Å². The van der Waals surface area contributed by atoms with Gasteiger partial charge in [0.05, 0.1) is 0 Å². The third-order valence-electron chi connectivity index (χ3n) is 5.48. The van der Waals surface area contributed by atoms with Crippen molar-refractivity contribution in [2.45, 2.75) is 43.6 Å². The van der Waals surface area contributed by atoms with E-state index in [2.05, 4.69) is 24.3 Å². The predicted molar refractivity (Wildman–Crippen MR) is 85.1 cm³/mol. The molecule has 2 aliphatic rings. The third-order valence-corrected chi connectivity index (χ3v) is 5.48. The quantitative estimate of drug-likeness (QED) is 0.907. The van der Waals surface area contributed by atoms with E-state index in [1.165, 1.54) is 18.9 Å². The van der Waals surface area contributed by atoms with Crippen molar-refractivity contribution in [3.05, 3.63) is 35.6 Å². The van der Waals surface area contributed by atoms with E-state index >= 15 is 0 Å². The zero-order valence-corrected chi connectivity index (χ0v) is 13.4. The van der Waals surface area contributed by atoms with Crippen molar-refractivity contribution in [1.82, 2.24) is 10.2 Å². The molecule has 0 radical (unpaired) electrons. The van der Waals surface area contributed by atoms with E-state index in [9.17, 15) is 9.18 Å². The second kappa shape index (κ2) is 5.99. The monoisotopic (exact) mass is 304 g/mol. The van der Waals surface area contributed by atoms with Crippen molar-refractivity contribution in [2.75, 3.05) is 20.6 Å². The van der Waals surface area contributed by atoms with E-state index in [0.29, 0.717) is 0 Å². The van der Waals surface area contributed by atoms with Crippen LogP contribution in [0.25, 0.3) is 0 Å². The van der Waals surface area contributed by atoms with E-state index in [1.807, 2.05) is 6.07 Å². The predicted octanol–water partition coefficient (Wildman–Crippen LogP) is 2.92. The first-order valence-electron chi connectivity index (χ1n) is 8.22. The fraction of sp³-hybridized carbons (Fsp3) is 0.611. The third kappa shape index (κ3) is 3.02.